The molecule has 4 atom stereocenters. The van der Waals surface area contributed by atoms with Crippen LogP contribution in [0.1, 0.15) is 35.6 Å². The fraction of sp³-hybridized carbons (Fsp3) is 0.583. The number of ketones is 1. The van der Waals surface area contributed by atoms with Crippen molar-refractivity contribution in [3.8, 4) is 11.5 Å². The maximum absolute atomic E-state index is 13.2. The summed E-state index contributed by atoms with van der Waals surface area (Å²) in [5.41, 5.74) is 6.58. The molecule has 0 fully saturated rings. The van der Waals surface area contributed by atoms with Gasteiger partial charge in [0.2, 0.25) is 11.8 Å². The molecule has 0 radical (unpaired) electrons. The van der Waals surface area contributed by atoms with E-state index < -0.39 is 73.6 Å². The summed E-state index contributed by atoms with van der Waals surface area (Å²) in [5.74, 6) is -2.63. The zero-order valence-electron chi connectivity index (χ0n) is 21.4. The van der Waals surface area contributed by atoms with Crippen LogP contribution in [0.5, 0.6) is 11.5 Å². The molecule has 0 aromatic heterocycles. The molecule has 37 heavy (non-hydrogen) atoms. The highest BCUT2D eigenvalue weighted by atomic mass is 16.5. The number of ether oxygens (including phenoxy) is 1. The highest BCUT2D eigenvalue weighted by Crippen LogP contribution is 2.43. The molecule has 0 saturated heterocycles. The van der Waals surface area contributed by atoms with Gasteiger partial charge in [0.1, 0.15) is 29.6 Å². The van der Waals surface area contributed by atoms with Crippen LogP contribution < -0.4 is 26.4 Å². The van der Waals surface area contributed by atoms with E-state index >= 15 is 0 Å². The molecule has 2 rings (SSSR count). The lowest BCUT2D eigenvalue weighted by Crippen LogP contribution is -2.61. The molecule has 9 N–H and O–H groups in total. The van der Waals surface area contributed by atoms with Crippen molar-refractivity contribution in [3.05, 3.63) is 22.3 Å². The third-order valence-electron chi connectivity index (χ3n) is 6.71. The first-order valence-electron chi connectivity index (χ1n) is 11.8. The van der Waals surface area contributed by atoms with Crippen molar-refractivity contribution in [2.24, 2.45) is 5.73 Å². The minimum absolute atomic E-state index is 0.171. The number of hydrogen-bond donors (Lipinski definition) is 8. The summed E-state index contributed by atoms with van der Waals surface area (Å²) < 4.78 is 6.08. The van der Waals surface area contributed by atoms with Gasteiger partial charge in [-0.3, -0.25) is 19.2 Å². The Labute approximate surface area is 214 Å². The second-order valence-electron chi connectivity index (χ2n) is 9.23. The van der Waals surface area contributed by atoms with Gasteiger partial charge in [0.15, 0.2) is 11.4 Å². The molecule has 206 valence electrons. The maximum atomic E-state index is 13.2. The van der Waals surface area contributed by atoms with Crippen molar-refractivity contribution in [2.45, 2.75) is 64.3 Å². The number of aliphatic hydroxyl groups excluding tert-OH is 3. The third kappa shape index (κ3) is 6.36. The topological polar surface area (TPSA) is 221 Å². The number of phenols is 1. The highest BCUT2D eigenvalue weighted by molar-refractivity contribution is 5.96. The summed E-state index contributed by atoms with van der Waals surface area (Å²) >= 11 is 0. The van der Waals surface area contributed by atoms with Crippen molar-refractivity contribution in [1.29, 1.82) is 0 Å². The van der Waals surface area contributed by atoms with Crippen LogP contribution >= 0.6 is 0 Å². The van der Waals surface area contributed by atoms with E-state index in [1.807, 2.05) is 0 Å². The van der Waals surface area contributed by atoms with E-state index in [9.17, 15) is 39.6 Å². The van der Waals surface area contributed by atoms with Crippen LogP contribution in [0, 0.1) is 20.8 Å². The number of carbonyl (C=O) groups is 4. The fourth-order valence-electron chi connectivity index (χ4n) is 4.02. The maximum Gasteiger partial charge on any atom is 0.264 e. The summed E-state index contributed by atoms with van der Waals surface area (Å²) in [6, 6.07) is -4.34. The Hall–Kier alpha value is -3.26. The summed E-state index contributed by atoms with van der Waals surface area (Å²) in [6.45, 7) is 3.96. The van der Waals surface area contributed by atoms with E-state index in [2.05, 4.69) is 16.0 Å². The molecule has 0 spiro atoms. The Balaban J connectivity index is 2.13. The van der Waals surface area contributed by atoms with Crippen LogP contribution in [-0.4, -0.2) is 94.0 Å². The van der Waals surface area contributed by atoms with Crippen LogP contribution in [0.15, 0.2) is 0 Å². The van der Waals surface area contributed by atoms with Gasteiger partial charge in [-0.2, -0.15) is 0 Å². The van der Waals surface area contributed by atoms with Crippen molar-refractivity contribution in [1.82, 2.24) is 16.0 Å². The van der Waals surface area contributed by atoms with Gasteiger partial charge in [0.25, 0.3) is 5.91 Å². The highest BCUT2D eigenvalue weighted by Gasteiger charge is 2.42. The molecule has 13 heteroatoms. The molecule has 0 saturated carbocycles. The number of benzene rings is 1. The van der Waals surface area contributed by atoms with Gasteiger partial charge in [-0.25, -0.2) is 0 Å². The third-order valence-corrected chi connectivity index (χ3v) is 6.71. The Bertz CT molecular complexity index is 1060. The predicted octanol–water partition coefficient (Wildman–Crippen LogP) is -2.64. The van der Waals surface area contributed by atoms with E-state index in [0.29, 0.717) is 28.9 Å². The van der Waals surface area contributed by atoms with Gasteiger partial charge in [-0.1, -0.05) is 0 Å². The predicted molar refractivity (Wildman–Crippen MR) is 131 cm³/mol. The average molecular weight is 525 g/mol. The Morgan fingerprint density at radius 3 is 1.92 bits per heavy atom. The normalized spacial score (nSPS) is 19.0. The second kappa shape index (κ2) is 12.3. The molecule has 13 nitrogen and oxygen atoms in total. The van der Waals surface area contributed by atoms with Gasteiger partial charge in [-0.05, 0) is 50.8 Å². The minimum atomic E-state index is -1.53. The Morgan fingerprint density at radius 1 is 0.892 bits per heavy atom. The lowest BCUT2D eigenvalue weighted by atomic mass is 9.86. The molecule has 1 heterocycles. The number of nitrogens with one attached hydrogen (secondary N) is 3. The number of aliphatic hydroxyl groups is 3. The first-order valence-corrected chi connectivity index (χ1v) is 11.8. The summed E-state index contributed by atoms with van der Waals surface area (Å²) in [5, 5.41) is 45.7. The molecule has 1 aliphatic rings. The Kier molecular flexibility index (Phi) is 9.98. The number of amides is 3. The molecule has 1 aromatic rings. The van der Waals surface area contributed by atoms with Gasteiger partial charge >= 0.3 is 0 Å². The molecule has 4 unspecified atom stereocenters. The molecule has 3 amide bonds. The fourth-order valence-corrected chi connectivity index (χ4v) is 4.02. The van der Waals surface area contributed by atoms with E-state index in [-0.39, 0.29) is 12.2 Å². The van der Waals surface area contributed by atoms with Gasteiger partial charge < -0.3 is 46.8 Å². The first kappa shape index (κ1) is 30.0. The minimum Gasteiger partial charge on any atom is -0.507 e. The number of nitrogens with two attached hydrogens (primary N) is 1. The number of carbonyl (C=O) groups excluding carboxylic acids is 4. The van der Waals surface area contributed by atoms with E-state index in [4.69, 9.17) is 10.5 Å². The van der Waals surface area contributed by atoms with Crippen LogP contribution in [-0.2, 0) is 25.6 Å². The Morgan fingerprint density at radius 2 is 1.41 bits per heavy atom. The van der Waals surface area contributed by atoms with Gasteiger partial charge in [0, 0.05) is 12.0 Å². The smallest absolute Gasteiger partial charge is 0.264 e. The van der Waals surface area contributed by atoms with Crippen molar-refractivity contribution in [3.63, 3.8) is 0 Å². The number of hydrogen-bond acceptors (Lipinski definition) is 10. The summed E-state index contributed by atoms with van der Waals surface area (Å²) in [4.78, 5) is 49.9. The van der Waals surface area contributed by atoms with Gasteiger partial charge in [-0.15, -0.1) is 0 Å². The van der Waals surface area contributed by atoms with E-state index in [1.54, 1.807) is 27.7 Å². The number of Topliss-reactive ketones (excluding diaryl/α,β-unsaturated/α-hetero) is 1. The quantitative estimate of drug-likeness (QED) is 0.150. The van der Waals surface area contributed by atoms with Gasteiger partial charge in [0.05, 0.1) is 26.4 Å². The van der Waals surface area contributed by atoms with Crippen molar-refractivity contribution >= 4 is 23.5 Å². The number of phenolic OH excluding ortho intramolecular Hbond substituents is 1. The van der Waals surface area contributed by atoms with Crippen LogP contribution in [0.3, 0.4) is 0 Å². The largest absolute Gasteiger partial charge is 0.507 e. The lowest BCUT2D eigenvalue weighted by molar-refractivity contribution is -0.141. The first-order chi connectivity index (χ1) is 17.3. The standard InChI is InChI=1S/C24H36N4O9/c1-11-12(2)20-14(13(3)19(11)33)5-6-24(4,37-20)23(36)28-17(10-31)22(35)27-16(9-30)21(34)26-15(8-29)18(32)7-25/h15-17,29-31,33H,5-10,25H2,1-4H3,(H,26,34)(H,27,35)(H,28,36). The molecular weight excluding hydrogens is 488 g/mol. The molecule has 1 aliphatic heterocycles. The molecule has 1 aromatic carbocycles. The van der Waals surface area contributed by atoms with Crippen molar-refractivity contribution in [2.75, 3.05) is 26.4 Å². The number of aromatic hydroxyl groups is 1. The molecular formula is C24H36N4O9. The second-order valence-corrected chi connectivity index (χ2v) is 9.23. The van der Waals surface area contributed by atoms with Crippen LogP contribution in [0.4, 0.5) is 0 Å². The number of rotatable bonds is 11. The molecule has 0 bridgehead atoms. The monoisotopic (exact) mass is 524 g/mol. The SMILES string of the molecule is Cc1c(C)c2c(c(C)c1O)CCC(C)(C(=O)NC(CO)C(=O)NC(CO)C(=O)NC(CO)C(=O)CN)O2. The number of fused-ring (bicyclic) bond motifs is 1. The van der Waals surface area contributed by atoms with E-state index in [0.717, 1.165) is 5.56 Å². The average Bonchev–Trinajstić information content (AvgIpc) is 2.89. The zero-order chi connectivity index (χ0) is 28.1. The van der Waals surface area contributed by atoms with Crippen LogP contribution in [0.25, 0.3) is 0 Å². The zero-order valence-corrected chi connectivity index (χ0v) is 21.4. The summed E-state index contributed by atoms with van der Waals surface area (Å²) in [7, 11) is 0. The lowest BCUT2D eigenvalue weighted by Gasteiger charge is -2.37. The van der Waals surface area contributed by atoms with Crippen molar-refractivity contribution < 1.29 is 44.3 Å². The van der Waals surface area contributed by atoms with Crippen LogP contribution in [0.2, 0.25) is 0 Å². The summed E-state index contributed by atoms with van der Waals surface area (Å²) in [6.07, 6.45) is 0.657. The molecule has 0 aliphatic carbocycles. The van der Waals surface area contributed by atoms with E-state index in [1.165, 1.54) is 0 Å².